The Morgan fingerprint density at radius 2 is 1.74 bits per heavy atom. The molecule has 5 amide bonds. The molecule has 2 aliphatic heterocycles. The van der Waals surface area contributed by atoms with Crippen LogP contribution in [0.1, 0.15) is 24.0 Å². The molecule has 230 valence electrons. The summed E-state index contributed by atoms with van der Waals surface area (Å²) in [5.74, 6) is 1.17. The quantitative estimate of drug-likeness (QED) is 0.265. The number of hydrogen-bond acceptors (Lipinski definition) is 7. The van der Waals surface area contributed by atoms with Crippen LogP contribution in [0.25, 0.3) is 0 Å². The van der Waals surface area contributed by atoms with Crippen LogP contribution in [0.3, 0.4) is 0 Å². The zero-order chi connectivity index (χ0) is 30.6. The normalized spacial score (nSPS) is 18.7. The van der Waals surface area contributed by atoms with Crippen LogP contribution < -0.4 is 10.6 Å². The molecule has 12 heteroatoms. The fraction of sp³-hybridized carbons (Fsp3) is 0.419. The molecule has 2 N–H and O–H groups in total. The lowest BCUT2D eigenvalue weighted by molar-refractivity contribution is -0.187. The molecular formula is C31H40N6O5S. The first-order chi connectivity index (χ1) is 20.9. The minimum Gasteiger partial charge on any atom is -0.445 e. The van der Waals surface area contributed by atoms with Gasteiger partial charge in [-0.15, -0.1) is 0 Å². The number of urea groups is 1. The number of likely N-dealkylation sites (N-methyl/N-ethyl adjacent to an activating group) is 1. The Bertz CT molecular complexity index is 1250. The molecule has 11 nitrogen and oxygen atoms in total. The molecule has 4 rings (SSSR count). The van der Waals surface area contributed by atoms with Crippen molar-refractivity contribution >= 4 is 35.7 Å². The first kappa shape index (κ1) is 31.9. The highest BCUT2D eigenvalue weighted by Gasteiger charge is 2.50. The third kappa shape index (κ3) is 8.74. The molecule has 2 fully saturated rings. The van der Waals surface area contributed by atoms with Crippen molar-refractivity contribution in [1.82, 2.24) is 30.5 Å². The molecule has 0 unspecified atom stereocenters. The highest BCUT2D eigenvalue weighted by atomic mass is 32.2. The van der Waals surface area contributed by atoms with Crippen LogP contribution in [0.15, 0.2) is 73.3 Å². The van der Waals surface area contributed by atoms with Gasteiger partial charge < -0.3 is 25.2 Å². The molecule has 2 aliphatic rings. The SMILES string of the molecule is C=CCOC(=O)NCCC[C@H]1C(=O)N(CCSCc2ccccc2)C[C@H]2N1C(=O)CN(C)N2C(=O)NCc1ccccc1. The maximum atomic E-state index is 13.8. The number of amides is 5. The maximum absolute atomic E-state index is 13.8. The van der Waals surface area contributed by atoms with Crippen LogP contribution in [-0.2, 0) is 26.6 Å². The average molecular weight is 609 g/mol. The molecule has 0 radical (unpaired) electrons. The van der Waals surface area contributed by atoms with Gasteiger partial charge in [0.25, 0.3) is 0 Å². The van der Waals surface area contributed by atoms with Crippen molar-refractivity contribution in [2.24, 2.45) is 0 Å². The highest BCUT2D eigenvalue weighted by molar-refractivity contribution is 7.98. The lowest BCUT2D eigenvalue weighted by atomic mass is 10.0. The molecule has 0 aliphatic carbocycles. The predicted octanol–water partition coefficient (Wildman–Crippen LogP) is 3.05. The molecule has 2 aromatic rings. The van der Waals surface area contributed by atoms with Crippen LogP contribution in [0.2, 0.25) is 0 Å². The number of ether oxygens (including phenoxy) is 1. The van der Waals surface area contributed by atoms with Crippen molar-refractivity contribution in [2.75, 3.05) is 45.6 Å². The molecule has 2 heterocycles. The first-order valence-corrected chi connectivity index (χ1v) is 15.6. The third-order valence-electron chi connectivity index (χ3n) is 7.31. The number of nitrogens with one attached hydrogen (secondary N) is 2. The summed E-state index contributed by atoms with van der Waals surface area (Å²) in [6, 6.07) is 18.6. The van der Waals surface area contributed by atoms with Gasteiger partial charge in [0.1, 0.15) is 18.8 Å². The third-order valence-corrected chi connectivity index (χ3v) is 8.32. The van der Waals surface area contributed by atoms with Gasteiger partial charge in [-0.25, -0.2) is 19.6 Å². The predicted molar refractivity (Wildman–Crippen MR) is 166 cm³/mol. The summed E-state index contributed by atoms with van der Waals surface area (Å²) < 4.78 is 4.95. The number of alkyl carbamates (subject to hydrolysis) is 1. The van der Waals surface area contributed by atoms with E-state index >= 15 is 0 Å². The van der Waals surface area contributed by atoms with E-state index in [0.29, 0.717) is 31.7 Å². The average Bonchev–Trinajstić information content (AvgIpc) is 3.01. The number of hydrazine groups is 1. The smallest absolute Gasteiger partial charge is 0.407 e. The van der Waals surface area contributed by atoms with Crippen LogP contribution in [-0.4, -0.2) is 102 Å². The van der Waals surface area contributed by atoms with E-state index in [0.717, 1.165) is 11.3 Å². The number of piperazine rings is 1. The van der Waals surface area contributed by atoms with E-state index in [1.807, 2.05) is 48.5 Å². The number of hydrogen-bond donors (Lipinski definition) is 2. The number of carbonyl (C=O) groups excluding carboxylic acids is 4. The zero-order valence-electron chi connectivity index (χ0n) is 24.5. The second-order valence-electron chi connectivity index (χ2n) is 10.4. The summed E-state index contributed by atoms with van der Waals surface area (Å²) in [5.41, 5.74) is 2.16. The summed E-state index contributed by atoms with van der Waals surface area (Å²) in [4.78, 5) is 55.9. The van der Waals surface area contributed by atoms with Crippen molar-refractivity contribution in [3.63, 3.8) is 0 Å². The molecular weight excluding hydrogens is 568 g/mol. The van der Waals surface area contributed by atoms with Crippen LogP contribution in [0.5, 0.6) is 0 Å². The largest absolute Gasteiger partial charge is 0.445 e. The molecule has 2 aromatic carbocycles. The molecule has 2 atom stereocenters. The first-order valence-electron chi connectivity index (χ1n) is 14.4. The van der Waals surface area contributed by atoms with E-state index in [2.05, 4.69) is 29.3 Å². The summed E-state index contributed by atoms with van der Waals surface area (Å²) in [6.45, 7) is 4.90. The minimum absolute atomic E-state index is 0.0297. The van der Waals surface area contributed by atoms with Gasteiger partial charge in [-0.05, 0) is 24.0 Å². The van der Waals surface area contributed by atoms with Crippen molar-refractivity contribution in [1.29, 1.82) is 0 Å². The van der Waals surface area contributed by atoms with Crippen molar-refractivity contribution in [2.45, 2.75) is 37.3 Å². The number of thioether (sulfide) groups is 1. The molecule has 0 bridgehead atoms. The molecule has 0 aromatic heterocycles. The van der Waals surface area contributed by atoms with Crippen molar-refractivity contribution in [3.05, 3.63) is 84.4 Å². The topological polar surface area (TPSA) is 115 Å². The fourth-order valence-corrected chi connectivity index (χ4v) is 6.17. The van der Waals surface area contributed by atoms with E-state index in [4.69, 9.17) is 4.74 Å². The van der Waals surface area contributed by atoms with E-state index < -0.39 is 18.3 Å². The van der Waals surface area contributed by atoms with Crippen LogP contribution >= 0.6 is 11.8 Å². The molecule has 2 saturated heterocycles. The lowest BCUT2D eigenvalue weighted by Gasteiger charge is -2.54. The minimum atomic E-state index is -0.755. The maximum Gasteiger partial charge on any atom is 0.407 e. The van der Waals surface area contributed by atoms with Gasteiger partial charge in [0, 0.05) is 38.2 Å². The lowest BCUT2D eigenvalue weighted by Crippen LogP contribution is -2.76. The van der Waals surface area contributed by atoms with Gasteiger partial charge in [-0.1, -0.05) is 73.3 Å². The second-order valence-corrected chi connectivity index (χ2v) is 11.5. The number of benzene rings is 2. The van der Waals surface area contributed by atoms with Gasteiger partial charge in [0.05, 0.1) is 13.1 Å². The number of carbonyl (C=O) groups is 4. The molecule has 0 saturated carbocycles. The Labute approximate surface area is 257 Å². The Morgan fingerprint density at radius 1 is 1.05 bits per heavy atom. The molecule has 0 spiro atoms. The Kier molecular flexibility index (Phi) is 11.9. The van der Waals surface area contributed by atoms with E-state index in [1.165, 1.54) is 11.6 Å². The Balaban J connectivity index is 1.46. The molecule has 43 heavy (non-hydrogen) atoms. The number of nitrogens with zero attached hydrogens (tertiary/aromatic N) is 4. The van der Waals surface area contributed by atoms with Gasteiger partial charge >= 0.3 is 12.1 Å². The Hall–Kier alpha value is -4.03. The summed E-state index contributed by atoms with van der Waals surface area (Å²) in [7, 11) is 1.71. The zero-order valence-corrected chi connectivity index (χ0v) is 25.3. The Morgan fingerprint density at radius 3 is 2.44 bits per heavy atom. The van der Waals surface area contributed by atoms with Gasteiger partial charge in [-0.3, -0.25) is 9.59 Å². The summed E-state index contributed by atoms with van der Waals surface area (Å²) >= 11 is 1.73. The van der Waals surface area contributed by atoms with Gasteiger partial charge in [0.2, 0.25) is 11.8 Å². The van der Waals surface area contributed by atoms with Gasteiger partial charge in [-0.2, -0.15) is 11.8 Å². The number of fused-ring (bicyclic) bond motifs is 1. The monoisotopic (exact) mass is 608 g/mol. The van der Waals surface area contributed by atoms with E-state index in [-0.39, 0.29) is 44.1 Å². The van der Waals surface area contributed by atoms with E-state index in [1.54, 1.807) is 38.6 Å². The van der Waals surface area contributed by atoms with Crippen molar-refractivity contribution in [3.8, 4) is 0 Å². The van der Waals surface area contributed by atoms with Crippen LogP contribution in [0, 0.1) is 0 Å². The van der Waals surface area contributed by atoms with Crippen molar-refractivity contribution < 1.29 is 23.9 Å². The summed E-state index contributed by atoms with van der Waals surface area (Å²) in [6.07, 6.45) is 1.03. The fourth-order valence-electron chi connectivity index (χ4n) is 5.25. The standard InChI is InChI=1S/C31H40N6O5S/c1-3-18-42-31(41)32-16-10-15-26-29(39)35(17-19-43-23-25-13-8-5-9-14-25)21-27-36(26)28(38)22-34(2)37(27)30(40)33-20-24-11-6-4-7-12-24/h3-9,11-14,26-27H,1,10,15-23H2,2H3,(H,32,41)(H,33,40)/t26-,27-/m0/s1. The second kappa shape index (κ2) is 16.0. The summed E-state index contributed by atoms with van der Waals surface area (Å²) in [5, 5.41) is 8.81. The highest BCUT2D eigenvalue weighted by Crippen LogP contribution is 2.28. The van der Waals surface area contributed by atoms with Crippen LogP contribution in [0.4, 0.5) is 9.59 Å². The van der Waals surface area contributed by atoms with E-state index in [9.17, 15) is 19.2 Å². The van der Waals surface area contributed by atoms with Gasteiger partial charge in [0.15, 0.2) is 0 Å². The number of rotatable bonds is 13.